The van der Waals surface area contributed by atoms with Crippen LogP contribution in [0.3, 0.4) is 0 Å². The molecule has 4 rings (SSSR count). The quantitative estimate of drug-likeness (QED) is 0.155. The summed E-state index contributed by atoms with van der Waals surface area (Å²) in [5.41, 5.74) is 1.37. The molecule has 1 aromatic heterocycles. The van der Waals surface area contributed by atoms with E-state index in [1.807, 2.05) is 51.1 Å². The number of sulfonamides is 1. The van der Waals surface area contributed by atoms with E-state index in [0.717, 1.165) is 23.1 Å². The van der Waals surface area contributed by atoms with Crippen molar-refractivity contribution in [2.45, 2.75) is 88.4 Å². The van der Waals surface area contributed by atoms with Gasteiger partial charge in [0.1, 0.15) is 5.72 Å². The largest absolute Gasteiger partial charge is 0.374 e. The predicted octanol–water partition coefficient (Wildman–Crippen LogP) is 3.81. The Morgan fingerprint density at radius 2 is 1.86 bits per heavy atom. The Balaban J connectivity index is 1.41. The highest BCUT2D eigenvalue weighted by molar-refractivity contribution is 7.89. The van der Waals surface area contributed by atoms with Crippen LogP contribution < -0.4 is 16.0 Å². The molecule has 1 saturated carbocycles. The number of thiazole rings is 1. The summed E-state index contributed by atoms with van der Waals surface area (Å²) in [6, 6.07) is 14.5. The Hall–Kier alpha value is -2.90. The Kier molecular flexibility index (Phi) is 11.9. The molecule has 3 aromatic rings. The average molecular weight is 644 g/mol. The van der Waals surface area contributed by atoms with E-state index < -0.39 is 15.7 Å². The van der Waals surface area contributed by atoms with Gasteiger partial charge in [-0.2, -0.15) is 4.31 Å². The maximum Gasteiger partial charge on any atom is 0.245 e. The van der Waals surface area contributed by atoms with Crippen LogP contribution in [0.25, 0.3) is 10.2 Å². The van der Waals surface area contributed by atoms with Gasteiger partial charge in [0.05, 0.1) is 27.2 Å². The topological polar surface area (TPSA) is 141 Å². The molecule has 10 nitrogen and oxygen atoms in total. The van der Waals surface area contributed by atoms with Gasteiger partial charge in [-0.1, -0.05) is 44.2 Å². The Morgan fingerprint density at radius 1 is 1.11 bits per heavy atom. The minimum atomic E-state index is -4.12. The van der Waals surface area contributed by atoms with Crippen LogP contribution in [0.1, 0.15) is 64.9 Å². The summed E-state index contributed by atoms with van der Waals surface area (Å²) in [5, 5.41) is 21.2. The third-order valence-corrected chi connectivity index (χ3v) is 10.4. The number of nitrogens with one attached hydrogen (secondary N) is 3. The third kappa shape index (κ3) is 9.80. The predicted molar refractivity (Wildman–Crippen MR) is 174 cm³/mol. The summed E-state index contributed by atoms with van der Waals surface area (Å²) in [5.74, 6) is -0.296. The number of nitrogens with zero attached hydrogens (tertiary/aromatic N) is 2. The number of carbonyl (C=O) groups excluding carboxylic acids is 2. The van der Waals surface area contributed by atoms with Crippen LogP contribution in [-0.2, 0) is 26.0 Å². The van der Waals surface area contributed by atoms with Crippen molar-refractivity contribution in [2.75, 3.05) is 19.6 Å². The summed E-state index contributed by atoms with van der Waals surface area (Å²) >= 11 is 1.36. The zero-order valence-electron chi connectivity index (χ0n) is 25.8. The number of benzene rings is 2. The average Bonchev–Trinajstić information content (AvgIpc) is 3.69. The van der Waals surface area contributed by atoms with Gasteiger partial charge in [0.15, 0.2) is 0 Å². The first-order valence-corrected chi connectivity index (χ1v) is 17.7. The molecule has 2 aromatic carbocycles. The van der Waals surface area contributed by atoms with E-state index in [-0.39, 0.29) is 61.0 Å². The van der Waals surface area contributed by atoms with Gasteiger partial charge in [-0.3, -0.25) is 9.59 Å². The fraction of sp³-hybridized carbons (Fsp3) is 0.531. The van der Waals surface area contributed by atoms with Crippen LogP contribution in [0.2, 0.25) is 0 Å². The normalized spacial score (nSPS) is 15.8. The third-order valence-electron chi connectivity index (χ3n) is 7.64. The maximum absolute atomic E-state index is 14.2. The molecule has 1 aliphatic carbocycles. The number of aliphatic hydroxyl groups is 1. The van der Waals surface area contributed by atoms with Crippen LogP contribution >= 0.6 is 11.3 Å². The van der Waals surface area contributed by atoms with Gasteiger partial charge in [-0.25, -0.2) is 13.4 Å². The Labute approximate surface area is 264 Å². The number of rotatable bonds is 18. The molecule has 1 fully saturated rings. The smallest absolute Gasteiger partial charge is 0.245 e. The van der Waals surface area contributed by atoms with Crippen molar-refractivity contribution >= 4 is 43.4 Å². The number of amides is 2. The van der Waals surface area contributed by atoms with Crippen molar-refractivity contribution in [3.63, 3.8) is 0 Å². The highest BCUT2D eigenvalue weighted by Gasteiger charge is 2.43. The first-order valence-electron chi connectivity index (χ1n) is 15.4. The molecule has 2 atom stereocenters. The fourth-order valence-electron chi connectivity index (χ4n) is 5.15. The number of hydrogen-bond donors (Lipinski definition) is 4. The lowest BCUT2D eigenvalue weighted by Gasteiger charge is -2.40. The van der Waals surface area contributed by atoms with Crippen LogP contribution in [0, 0.1) is 5.92 Å². The van der Waals surface area contributed by atoms with Crippen LogP contribution in [0.4, 0.5) is 0 Å². The van der Waals surface area contributed by atoms with Crippen LogP contribution in [0.5, 0.6) is 0 Å². The van der Waals surface area contributed by atoms with E-state index in [2.05, 4.69) is 20.9 Å². The summed E-state index contributed by atoms with van der Waals surface area (Å²) in [7, 11) is -4.12. The molecule has 4 N–H and O–H groups in total. The summed E-state index contributed by atoms with van der Waals surface area (Å²) in [4.78, 5) is 29.1. The second kappa shape index (κ2) is 15.4. The van der Waals surface area contributed by atoms with Crippen molar-refractivity contribution in [1.82, 2.24) is 25.2 Å². The van der Waals surface area contributed by atoms with Gasteiger partial charge in [0.2, 0.25) is 21.8 Å². The second-order valence-electron chi connectivity index (χ2n) is 12.2. The molecule has 2 unspecified atom stereocenters. The first kappa shape index (κ1) is 34.0. The summed E-state index contributed by atoms with van der Waals surface area (Å²) < 4.78 is 30.3. The van der Waals surface area contributed by atoms with Crippen LogP contribution in [-0.4, -0.2) is 72.1 Å². The van der Waals surface area contributed by atoms with E-state index >= 15 is 0 Å². The zero-order chi connectivity index (χ0) is 31.7. The lowest BCUT2D eigenvalue weighted by atomic mass is 9.98. The fourth-order valence-corrected chi connectivity index (χ4v) is 7.80. The molecule has 2 amide bonds. The molecule has 0 saturated heterocycles. The first-order chi connectivity index (χ1) is 21.0. The zero-order valence-corrected chi connectivity index (χ0v) is 27.4. The summed E-state index contributed by atoms with van der Waals surface area (Å²) in [6.45, 7) is 6.25. The van der Waals surface area contributed by atoms with Crippen molar-refractivity contribution in [3.8, 4) is 0 Å². The second-order valence-corrected chi connectivity index (χ2v) is 14.9. The molecule has 44 heavy (non-hydrogen) atoms. The maximum atomic E-state index is 14.2. The minimum Gasteiger partial charge on any atom is -0.374 e. The number of fused-ring (bicyclic) bond motifs is 1. The van der Waals surface area contributed by atoms with Crippen LogP contribution in [0.15, 0.2) is 58.9 Å². The van der Waals surface area contributed by atoms with Gasteiger partial charge in [-0.05, 0) is 62.3 Å². The van der Waals surface area contributed by atoms with Gasteiger partial charge in [-0.15, -0.1) is 11.3 Å². The van der Waals surface area contributed by atoms with Gasteiger partial charge in [0.25, 0.3) is 0 Å². The highest BCUT2D eigenvalue weighted by Crippen LogP contribution is 2.32. The van der Waals surface area contributed by atoms with Crippen molar-refractivity contribution in [1.29, 1.82) is 0 Å². The SMILES string of the molecule is CC(C)CN(C(O)(CCNC(=O)CCCC(C)NC(=O)CNC1CC1)Cc1ccccc1)S(=O)(=O)c1ccc2ncsc2c1. The Morgan fingerprint density at radius 3 is 2.57 bits per heavy atom. The molecule has 1 heterocycles. The molecule has 0 aliphatic heterocycles. The van der Waals surface area contributed by atoms with Crippen molar-refractivity contribution in [3.05, 3.63) is 59.6 Å². The van der Waals surface area contributed by atoms with E-state index in [0.29, 0.717) is 30.9 Å². The molecule has 12 heteroatoms. The van der Waals surface area contributed by atoms with Crippen molar-refractivity contribution in [2.24, 2.45) is 5.92 Å². The van der Waals surface area contributed by atoms with E-state index in [1.54, 1.807) is 17.6 Å². The molecule has 0 radical (unpaired) electrons. The summed E-state index contributed by atoms with van der Waals surface area (Å²) in [6.07, 6.45) is 3.82. The van der Waals surface area contributed by atoms with Gasteiger partial charge >= 0.3 is 0 Å². The molecular formula is C32H45N5O5S2. The Bertz CT molecular complexity index is 1490. The van der Waals surface area contributed by atoms with Crippen molar-refractivity contribution < 1.29 is 23.1 Å². The van der Waals surface area contributed by atoms with E-state index in [1.165, 1.54) is 21.7 Å². The molecule has 0 bridgehead atoms. The molecule has 240 valence electrons. The number of carbonyl (C=O) groups is 2. The number of aromatic nitrogens is 1. The highest BCUT2D eigenvalue weighted by atomic mass is 32.2. The lowest BCUT2D eigenvalue weighted by molar-refractivity contribution is -0.122. The van der Waals surface area contributed by atoms with Gasteiger partial charge < -0.3 is 21.1 Å². The van der Waals surface area contributed by atoms with Gasteiger partial charge in [0, 0.05) is 44.4 Å². The van der Waals surface area contributed by atoms with E-state index in [9.17, 15) is 23.1 Å². The minimum absolute atomic E-state index is 0.00282. The molecule has 0 spiro atoms. The number of hydrogen-bond acceptors (Lipinski definition) is 8. The molecular weight excluding hydrogens is 599 g/mol. The standard InChI is InChI=1S/C32H45N5O5S2/c1-23(2)21-37(44(41,42)27-14-15-28-29(18-27)43-22-35-28)32(40,19-25-9-5-4-6-10-25)16-17-33-30(38)11-7-8-24(3)36-31(39)20-34-26-12-13-26/h4-6,9-10,14-15,18,22-24,26,34,40H,7-8,11-13,16-17,19-21H2,1-3H3,(H,33,38)(H,36,39). The van der Waals surface area contributed by atoms with E-state index in [4.69, 9.17) is 0 Å². The lowest BCUT2D eigenvalue weighted by Crippen LogP contribution is -2.55. The molecule has 1 aliphatic rings. The monoisotopic (exact) mass is 643 g/mol.